The molecule has 0 unspecified atom stereocenters. The van der Waals surface area contributed by atoms with Crippen molar-refractivity contribution in [3.63, 3.8) is 0 Å². The van der Waals surface area contributed by atoms with Crippen LogP contribution in [-0.4, -0.2) is 20.1 Å². The van der Waals surface area contributed by atoms with E-state index in [1.54, 1.807) is 18.3 Å². The minimum absolute atomic E-state index is 0.206. The number of pyridine rings is 1. The van der Waals surface area contributed by atoms with Crippen molar-refractivity contribution >= 4 is 27.5 Å². The number of fused-ring (bicyclic) bond motifs is 2. The fourth-order valence-corrected chi connectivity index (χ4v) is 2.63. The molecular weight excluding hydrogens is 276 g/mol. The lowest BCUT2D eigenvalue weighted by atomic mass is 10.0. The molecule has 4 rings (SSSR count). The van der Waals surface area contributed by atoms with Gasteiger partial charge in [-0.25, -0.2) is 9.97 Å². The largest absolute Gasteiger partial charge is 0.508 e. The molecule has 0 fully saturated rings. The van der Waals surface area contributed by atoms with Crippen LogP contribution in [0.15, 0.2) is 55.0 Å². The molecule has 5 heteroatoms. The molecule has 0 saturated heterocycles. The molecule has 5 nitrogen and oxygen atoms in total. The second-order valence-corrected chi connectivity index (χ2v) is 5.06. The number of rotatable bonds is 1. The Labute approximate surface area is 126 Å². The third-order valence-electron chi connectivity index (χ3n) is 3.67. The van der Waals surface area contributed by atoms with Crippen LogP contribution in [0.25, 0.3) is 32.9 Å². The Morgan fingerprint density at radius 2 is 1.77 bits per heavy atom. The molecule has 0 amide bonds. The van der Waals surface area contributed by atoms with Gasteiger partial charge in [0.15, 0.2) is 0 Å². The van der Waals surface area contributed by atoms with Gasteiger partial charge in [0.1, 0.15) is 17.9 Å². The SMILES string of the molecule is Nc1ncnc2cc(-c3cc(O)cc4ccccc34)ncc12. The quantitative estimate of drug-likeness (QED) is 0.562. The highest BCUT2D eigenvalue weighted by molar-refractivity contribution is 5.99. The zero-order chi connectivity index (χ0) is 15.1. The maximum Gasteiger partial charge on any atom is 0.136 e. The number of hydrogen-bond acceptors (Lipinski definition) is 5. The number of phenols is 1. The molecule has 0 spiro atoms. The predicted octanol–water partition coefficient (Wildman–Crippen LogP) is 3.13. The van der Waals surface area contributed by atoms with Crippen LogP contribution >= 0.6 is 0 Å². The average molecular weight is 288 g/mol. The third kappa shape index (κ3) is 1.91. The number of benzene rings is 2. The van der Waals surface area contributed by atoms with E-state index < -0.39 is 0 Å². The first-order valence-electron chi connectivity index (χ1n) is 6.81. The zero-order valence-electron chi connectivity index (χ0n) is 11.6. The number of hydrogen-bond donors (Lipinski definition) is 2. The van der Waals surface area contributed by atoms with Gasteiger partial charge in [0.25, 0.3) is 0 Å². The van der Waals surface area contributed by atoms with Crippen molar-refractivity contribution in [3.8, 4) is 17.0 Å². The van der Waals surface area contributed by atoms with E-state index >= 15 is 0 Å². The summed E-state index contributed by atoms with van der Waals surface area (Å²) in [6.45, 7) is 0. The lowest BCUT2D eigenvalue weighted by Gasteiger charge is -2.08. The molecule has 106 valence electrons. The van der Waals surface area contributed by atoms with Crippen LogP contribution in [0.4, 0.5) is 5.82 Å². The first-order valence-corrected chi connectivity index (χ1v) is 6.81. The molecule has 2 heterocycles. The minimum atomic E-state index is 0.206. The van der Waals surface area contributed by atoms with Gasteiger partial charge in [-0.2, -0.15) is 0 Å². The Morgan fingerprint density at radius 1 is 0.909 bits per heavy atom. The summed E-state index contributed by atoms with van der Waals surface area (Å²) in [4.78, 5) is 12.7. The molecule has 22 heavy (non-hydrogen) atoms. The van der Waals surface area contributed by atoms with E-state index in [2.05, 4.69) is 15.0 Å². The lowest BCUT2D eigenvalue weighted by Crippen LogP contribution is -1.95. The van der Waals surface area contributed by atoms with Gasteiger partial charge in [-0.1, -0.05) is 24.3 Å². The standard InChI is InChI=1S/C17H12N4O/c18-17-14-8-19-15(7-16(14)20-9-21-17)13-6-11(22)5-10-3-1-2-4-12(10)13/h1-9,22H,(H2,18,20,21). The second-order valence-electron chi connectivity index (χ2n) is 5.06. The van der Waals surface area contributed by atoms with E-state index in [-0.39, 0.29) is 5.75 Å². The van der Waals surface area contributed by atoms with Crippen molar-refractivity contribution in [2.24, 2.45) is 0 Å². The smallest absolute Gasteiger partial charge is 0.136 e. The first kappa shape index (κ1) is 12.5. The van der Waals surface area contributed by atoms with E-state index in [1.807, 2.05) is 30.3 Å². The summed E-state index contributed by atoms with van der Waals surface area (Å²) < 4.78 is 0. The minimum Gasteiger partial charge on any atom is -0.508 e. The molecule has 2 aromatic heterocycles. The third-order valence-corrected chi connectivity index (χ3v) is 3.67. The number of nitrogens with zero attached hydrogens (tertiary/aromatic N) is 3. The Morgan fingerprint density at radius 3 is 2.68 bits per heavy atom. The summed E-state index contributed by atoms with van der Waals surface area (Å²) in [7, 11) is 0. The van der Waals surface area contributed by atoms with Gasteiger partial charge in [-0.3, -0.25) is 4.98 Å². The zero-order valence-corrected chi connectivity index (χ0v) is 11.6. The highest BCUT2D eigenvalue weighted by atomic mass is 16.3. The Bertz CT molecular complexity index is 1010. The lowest BCUT2D eigenvalue weighted by molar-refractivity contribution is 0.476. The number of aromatic nitrogens is 3. The van der Waals surface area contributed by atoms with E-state index in [9.17, 15) is 5.11 Å². The van der Waals surface area contributed by atoms with Crippen LogP contribution in [0.5, 0.6) is 5.75 Å². The number of nitrogens with two attached hydrogens (primary N) is 1. The fourth-order valence-electron chi connectivity index (χ4n) is 2.63. The van der Waals surface area contributed by atoms with Gasteiger partial charge >= 0.3 is 0 Å². The highest BCUT2D eigenvalue weighted by Gasteiger charge is 2.09. The van der Waals surface area contributed by atoms with E-state index in [0.29, 0.717) is 5.82 Å². The predicted molar refractivity (Wildman–Crippen MR) is 86.4 cm³/mol. The molecule has 0 radical (unpaired) electrons. The molecule has 4 aromatic rings. The van der Waals surface area contributed by atoms with Crippen molar-refractivity contribution in [1.82, 2.24) is 15.0 Å². The Balaban J connectivity index is 2.03. The molecule has 0 atom stereocenters. The number of nitrogen functional groups attached to an aromatic ring is 1. The van der Waals surface area contributed by atoms with Crippen LogP contribution in [-0.2, 0) is 0 Å². The summed E-state index contributed by atoms with van der Waals surface area (Å²) >= 11 is 0. The van der Waals surface area contributed by atoms with Gasteiger partial charge in [-0.15, -0.1) is 0 Å². The van der Waals surface area contributed by atoms with Crippen LogP contribution < -0.4 is 5.73 Å². The first-order chi connectivity index (χ1) is 10.7. The van der Waals surface area contributed by atoms with Gasteiger partial charge in [0.05, 0.1) is 16.6 Å². The summed E-state index contributed by atoms with van der Waals surface area (Å²) in [6.07, 6.45) is 3.10. The van der Waals surface area contributed by atoms with Crippen LogP contribution in [0.2, 0.25) is 0 Å². The highest BCUT2D eigenvalue weighted by Crippen LogP contribution is 2.32. The molecule has 0 aliphatic heterocycles. The maximum absolute atomic E-state index is 9.96. The van der Waals surface area contributed by atoms with Crippen LogP contribution in [0.1, 0.15) is 0 Å². The van der Waals surface area contributed by atoms with Gasteiger partial charge in [0.2, 0.25) is 0 Å². The average Bonchev–Trinajstić information content (AvgIpc) is 2.54. The Hall–Kier alpha value is -3.21. The summed E-state index contributed by atoms with van der Waals surface area (Å²) in [6, 6.07) is 13.2. The van der Waals surface area contributed by atoms with E-state index in [4.69, 9.17) is 5.73 Å². The Kier molecular flexibility index (Phi) is 2.66. The molecule has 0 saturated carbocycles. The summed E-state index contributed by atoms with van der Waals surface area (Å²) in [5.74, 6) is 0.614. The molecule has 2 aromatic carbocycles. The van der Waals surface area contributed by atoms with Crippen molar-refractivity contribution in [3.05, 3.63) is 55.0 Å². The summed E-state index contributed by atoms with van der Waals surface area (Å²) in [5.41, 5.74) is 8.15. The maximum atomic E-state index is 9.96. The number of aromatic hydroxyl groups is 1. The van der Waals surface area contributed by atoms with Gasteiger partial charge in [0, 0.05) is 11.8 Å². The van der Waals surface area contributed by atoms with Gasteiger partial charge in [-0.05, 0) is 29.0 Å². The normalized spacial score (nSPS) is 11.1. The van der Waals surface area contributed by atoms with Gasteiger partial charge < -0.3 is 10.8 Å². The molecule has 0 bridgehead atoms. The molecule has 0 aliphatic carbocycles. The van der Waals surface area contributed by atoms with Crippen molar-refractivity contribution in [1.29, 1.82) is 0 Å². The topological polar surface area (TPSA) is 84.9 Å². The second kappa shape index (κ2) is 4.66. The monoisotopic (exact) mass is 288 g/mol. The van der Waals surface area contributed by atoms with Crippen LogP contribution in [0.3, 0.4) is 0 Å². The summed E-state index contributed by atoms with van der Waals surface area (Å²) in [5, 5.41) is 12.7. The fraction of sp³-hybridized carbons (Fsp3) is 0. The number of anilines is 1. The molecule has 0 aliphatic rings. The number of phenolic OH excluding ortho intramolecular Hbond substituents is 1. The van der Waals surface area contributed by atoms with Crippen molar-refractivity contribution in [2.45, 2.75) is 0 Å². The van der Waals surface area contributed by atoms with Crippen molar-refractivity contribution in [2.75, 3.05) is 5.73 Å². The molecular formula is C17H12N4O. The van der Waals surface area contributed by atoms with Crippen LogP contribution in [0, 0.1) is 0 Å². The van der Waals surface area contributed by atoms with E-state index in [1.165, 1.54) is 6.33 Å². The molecule has 3 N–H and O–H groups in total. The van der Waals surface area contributed by atoms with Crippen molar-refractivity contribution < 1.29 is 5.11 Å². The van der Waals surface area contributed by atoms with E-state index in [0.717, 1.165) is 32.9 Å².